The topological polar surface area (TPSA) is 32.7 Å². The molecule has 0 bridgehead atoms. The molecule has 30 heavy (non-hydrogen) atoms. The van der Waals surface area contributed by atoms with Gasteiger partial charge in [-0.05, 0) is 54.9 Å². The van der Waals surface area contributed by atoms with Gasteiger partial charge in [0.1, 0.15) is 16.4 Å². The Kier molecular flexibility index (Phi) is 5.58. The molecule has 3 nitrogen and oxygen atoms in total. The smallest absolute Gasteiger partial charge is 0.261 e. The Hall–Kier alpha value is -2.04. The predicted octanol–water partition coefficient (Wildman–Crippen LogP) is 6.57. The second-order valence-electron chi connectivity index (χ2n) is 9.29. The number of aliphatic imine (C=N–C) groups is 1. The van der Waals surface area contributed by atoms with E-state index in [1.54, 1.807) is 29.2 Å². The van der Waals surface area contributed by atoms with Gasteiger partial charge in [0.25, 0.3) is 5.91 Å². The van der Waals surface area contributed by atoms with E-state index in [0.717, 1.165) is 37.0 Å². The third kappa shape index (κ3) is 3.83. The predicted molar refractivity (Wildman–Crippen MR) is 128 cm³/mol. The summed E-state index contributed by atoms with van der Waals surface area (Å²) in [5.74, 6) is -0.116. The van der Waals surface area contributed by atoms with E-state index in [-0.39, 0.29) is 11.3 Å². The van der Waals surface area contributed by atoms with Gasteiger partial charge in [-0.15, -0.1) is 0 Å². The molecule has 0 atom stereocenters. The minimum atomic E-state index is -0.577. The van der Waals surface area contributed by atoms with Crippen molar-refractivity contribution in [2.75, 3.05) is 0 Å². The first-order valence-electron chi connectivity index (χ1n) is 10.6. The number of hydrogen-bond donors (Lipinski definition) is 0. The fourth-order valence-electron chi connectivity index (χ4n) is 4.40. The number of carbonyl (C=O) groups excluding carboxylic acids is 1. The average Bonchev–Trinajstić information content (AvgIpc) is 2.99. The summed E-state index contributed by atoms with van der Waals surface area (Å²) in [7, 11) is 0. The Labute approximate surface area is 189 Å². The van der Waals surface area contributed by atoms with E-state index in [2.05, 4.69) is 45.0 Å². The van der Waals surface area contributed by atoms with E-state index >= 15 is 0 Å². The minimum Gasteiger partial charge on any atom is -0.271 e. The summed E-state index contributed by atoms with van der Waals surface area (Å²) in [6.07, 6.45) is 4.92. The van der Waals surface area contributed by atoms with Crippen LogP contribution in [0.4, 0.5) is 0 Å². The standard InChI is InChI=1S/C25H27ClN2OS/c1-24(2,3)19-12-10-17(11-13-19)21-23(30)28(25(27-21)14-5-4-6-15-25)22(29)18-8-7-9-20(26)16-18/h7-13,16H,4-6,14-15H2,1-3H3. The number of amides is 1. The number of benzene rings is 2. The van der Waals surface area contributed by atoms with Gasteiger partial charge in [-0.2, -0.15) is 0 Å². The SMILES string of the molecule is CC(C)(C)c1ccc(C2=NC3(CCCCC3)N(C(=O)c3cccc(Cl)c3)C2=S)cc1. The van der Waals surface area contributed by atoms with Crippen LogP contribution >= 0.6 is 23.8 Å². The summed E-state index contributed by atoms with van der Waals surface area (Å²) in [6, 6.07) is 15.5. The number of nitrogens with zero attached hydrogens (tertiary/aromatic N) is 2. The van der Waals surface area contributed by atoms with Crippen LogP contribution in [-0.2, 0) is 5.41 Å². The minimum absolute atomic E-state index is 0.0791. The van der Waals surface area contributed by atoms with E-state index in [1.807, 2.05) is 0 Å². The molecule has 1 aliphatic carbocycles. The van der Waals surface area contributed by atoms with E-state index in [9.17, 15) is 4.79 Å². The van der Waals surface area contributed by atoms with Crippen LogP contribution in [-0.4, -0.2) is 27.2 Å². The van der Waals surface area contributed by atoms with Crippen molar-refractivity contribution in [2.24, 2.45) is 4.99 Å². The lowest BCUT2D eigenvalue weighted by Crippen LogP contribution is -2.50. The lowest BCUT2D eigenvalue weighted by atomic mass is 9.86. The van der Waals surface area contributed by atoms with E-state index in [0.29, 0.717) is 15.6 Å². The largest absolute Gasteiger partial charge is 0.271 e. The average molecular weight is 439 g/mol. The fraction of sp³-hybridized carbons (Fsp3) is 0.400. The fourth-order valence-corrected chi connectivity index (χ4v) is 5.01. The highest BCUT2D eigenvalue weighted by Gasteiger charge is 2.49. The third-order valence-corrected chi connectivity index (χ3v) is 6.71. The van der Waals surface area contributed by atoms with E-state index < -0.39 is 5.66 Å². The molecule has 2 aromatic rings. The number of halogens is 1. The molecule has 1 saturated carbocycles. The first kappa shape index (κ1) is 21.2. The van der Waals surface area contributed by atoms with Crippen molar-refractivity contribution in [3.8, 4) is 0 Å². The molecular formula is C25H27ClN2OS. The van der Waals surface area contributed by atoms with Gasteiger partial charge >= 0.3 is 0 Å². The van der Waals surface area contributed by atoms with Crippen molar-refractivity contribution in [1.82, 2.24) is 4.90 Å². The van der Waals surface area contributed by atoms with E-state index in [1.165, 1.54) is 12.0 Å². The van der Waals surface area contributed by atoms with Gasteiger partial charge in [-0.25, -0.2) is 0 Å². The molecule has 0 saturated heterocycles. The Morgan fingerprint density at radius 2 is 1.73 bits per heavy atom. The Morgan fingerprint density at radius 1 is 1.07 bits per heavy atom. The summed E-state index contributed by atoms with van der Waals surface area (Å²) in [6.45, 7) is 6.59. The van der Waals surface area contributed by atoms with Crippen LogP contribution in [0.3, 0.4) is 0 Å². The molecule has 0 N–H and O–H groups in total. The molecule has 1 spiro atoms. The van der Waals surface area contributed by atoms with Crippen molar-refractivity contribution < 1.29 is 4.79 Å². The molecule has 2 aliphatic rings. The molecule has 1 fully saturated rings. The molecule has 156 valence electrons. The highest BCUT2D eigenvalue weighted by Crippen LogP contribution is 2.41. The zero-order chi connectivity index (χ0) is 21.5. The molecule has 0 unspecified atom stereocenters. The number of thiocarbonyl (C=S) groups is 1. The molecule has 0 aromatic heterocycles. The monoisotopic (exact) mass is 438 g/mol. The summed E-state index contributed by atoms with van der Waals surface area (Å²) in [5, 5.41) is 0.544. The zero-order valence-electron chi connectivity index (χ0n) is 17.7. The maximum atomic E-state index is 13.6. The van der Waals surface area contributed by atoms with Crippen LogP contribution in [0.15, 0.2) is 53.5 Å². The van der Waals surface area contributed by atoms with Gasteiger partial charge in [0.05, 0.1) is 0 Å². The molecule has 2 aromatic carbocycles. The Balaban J connectivity index is 1.74. The van der Waals surface area contributed by atoms with Crippen LogP contribution in [0, 0.1) is 0 Å². The molecule has 0 radical (unpaired) electrons. The third-order valence-electron chi connectivity index (χ3n) is 6.10. The van der Waals surface area contributed by atoms with E-state index in [4.69, 9.17) is 28.8 Å². The number of carbonyl (C=O) groups is 1. The lowest BCUT2D eigenvalue weighted by Gasteiger charge is -2.38. The summed E-state index contributed by atoms with van der Waals surface area (Å²) < 4.78 is 0. The van der Waals surface area contributed by atoms with Crippen molar-refractivity contribution in [3.63, 3.8) is 0 Å². The summed E-state index contributed by atoms with van der Waals surface area (Å²) >= 11 is 12.0. The second kappa shape index (κ2) is 7.90. The first-order chi connectivity index (χ1) is 14.2. The Morgan fingerprint density at radius 3 is 2.33 bits per heavy atom. The number of rotatable bonds is 2. The van der Waals surface area contributed by atoms with Crippen molar-refractivity contribution >= 4 is 40.4 Å². The number of hydrogen-bond acceptors (Lipinski definition) is 3. The molecular weight excluding hydrogens is 412 g/mol. The quantitative estimate of drug-likeness (QED) is 0.496. The van der Waals surface area contributed by atoms with Gasteiger partial charge < -0.3 is 0 Å². The first-order valence-corrected chi connectivity index (χ1v) is 11.4. The van der Waals surface area contributed by atoms with Crippen LogP contribution < -0.4 is 0 Å². The van der Waals surface area contributed by atoms with Crippen LogP contribution in [0.2, 0.25) is 5.02 Å². The normalized spacial score (nSPS) is 18.6. The highest BCUT2D eigenvalue weighted by molar-refractivity contribution is 7.82. The molecule has 5 heteroatoms. The lowest BCUT2D eigenvalue weighted by molar-refractivity contribution is 0.0648. The summed E-state index contributed by atoms with van der Waals surface area (Å²) in [4.78, 5) is 21.0. The molecule has 4 rings (SSSR count). The molecule has 1 aliphatic heterocycles. The maximum Gasteiger partial charge on any atom is 0.261 e. The molecule has 1 amide bonds. The summed E-state index contributed by atoms with van der Waals surface area (Å²) in [5.41, 5.74) is 3.04. The van der Waals surface area contributed by atoms with Crippen LogP contribution in [0.5, 0.6) is 0 Å². The second-order valence-corrected chi connectivity index (χ2v) is 10.1. The molecule has 1 heterocycles. The van der Waals surface area contributed by atoms with Gasteiger partial charge in [0, 0.05) is 16.1 Å². The van der Waals surface area contributed by atoms with Crippen molar-refractivity contribution in [3.05, 3.63) is 70.2 Å². The van der Waals surface area contributed by atoms with Gasteiger partial charge in [0.2, 0.25) is 0 Å². The van der Waals surface area contributed by atoms with Crippen LogP contribution in [0.1, 0.15) is 74.4 Å². The van der Waals surface area contributed by atoms with Crippen LogP contribution in [0.25, 0.3) is 0 Å². The maximum absolute atomic E-state index is 13.6. The Bertz CT molecular complexity index is 1010. The van der Waals surface area contributed by atoms with Crippen molar-refractivity contribution in [1.29, 1.82) is 0 Å². The van der Waals surface area contributed by atoms with Gasteiger partial charge in [-0.1, -0.05) is 81.3 Å². The van der Waals surface area contributed by atoms with Gasteiger partial charge in [-0.3, -0.25) is 14.7 Å². The van der Waals surface area contributed by atoms with Crippen molar-refractivity contribution in [2.45, 2.75) is 64.0 Å². The highest BCUT2D eigenvalue weighted by atomic mass is 35.5. The zero-order valence-corrected chi connectivity index (χ0v) is 19.3. The van der Waals surface area contributed by atoms with Gasteiger partial charge in [0.15, 0.2) is 0 Å².